The first kappa shape index (κ1) is 16.4. The SMILES string of the molecule is CNC(=O)[C@@H]1COC2(CN(C(=O)c3cnccn3)C2)CN1CC1CC1. The normalized spacial score (nSPS) is 25.5. The lowest BCUT2D eigenvalue weighted by atomic mass is 9.89. The lowest BCUT2D eigenvalue weighted by Crippen LogP contribution is -2.73. The van der Waals surface area contributed by atoms with Crippen molar-refractivity contribution in [3.63, 3.8) is 0 Å². The number of carbonyl (C=O) groups is 2. The Balaban J connectivity index is 1.40. The van der Waals surface area contributed by atoms with Crippen LogP contribution >= 0.6 is 0 Å². The van der Waals surface area contributed by atoms with Gasteiger partial charge in [0, 0.05) is 32.5 Å². The van der Waals surface area contributed by atoms with Gasteiger partial charge in [0.1, 0.15) is 17.3 Å². The lowest BCUT2D eigenvalue weighted by molar-refractivity contribution is -0.191. The molecule has 1 aromatic rings. The van der Waals surface area contributed by atoms with Gasteiger partial charge in [-0.15, -0.1) is 0 Å². The van der Waals surface area contributed by atoms with E-state index in [1.54, 1.807) is 18.1 Å². The van der Waals surface area contributed by atoms with E-state index < -0.39 is 0 Å². The summed E-state index contributed by atoms with van der Waals surface area (Å²) in [5.41, 5.74) is -0.0108. The number of nitrogens with zero attached hydrogens (tertiary/aromatic N) is 4. The van der Waals surface area contributed by atoms with Gasteiger partial charge in [0.15, 0.2) is 0 Å². The Morgan fingerprint density at radius 3 is 2.76 bits per heavy atom. The number of amides is 2. The fourth-order valence-electron chi connectivity index (χ4n) is 3.67. The highest BCUT2D eigenvalue weighted by molar-refractivity contribution is 5.92. The van der Waals surface area contributed by atoms with Gasteiger partial charge in [0.05, 0.1) is 25.9 Å². The smallest absolute Gasteiger partial charge is 0.274 e. The standard InChI is InChI=1S/C17H23N5O3/c1-18-15(23)14-8-25-17(9-21(14)7-12-2-3-12)10-22(11-17)16(24)13-6-19-4-5-20-13/h4-6,12,14H,2-3,7-11H2,1H3,(H,18,23)/t14-/m0/s1. The van der Waals surface area contributed by atoms with Crippen molar-refractivity contribution >= 4 is 11.8 Å². The summed E-state index contributed by atoms with van der Waals surface area (Å²) in [6.07, 6.45) is 7.03. The molecule has 1 atom stereocenters. The Labute approximate surface area is 146 Å². The molecule has 3 aliphatic rings. The molecule has 1 saturated carbocycles. The molecule has 1 N–H and O–H groups in total. The van der Waals surface area contributed by atoms with E-state index in [1.165, 1.54) is 25.2 Å². The van der Waals surface area contributed by atoms with E-state index in [0.29, 0.717) is 37.9 Å². The molecule has 25 heavy (non-hydrogen) atoms. The fraction of sp³-hybridized carbons (Fsp3) is 0.647. The second kappa shape index (κ2) is 6.34. The zero-order valence-electron chi connectivity index (χ0n) is 14.4. The Morgan fingerprint density at radius 1 is 1.32 bits per heavy atom. The van der Waals surface area contributed by atoms with Gasteiger partial charge in [0.25, 0.3) is 5.91 Å². The molecule has 0 bridgehead atoms. The van der Waals surface area contributed by atoms with Gasteiger partial charge in [-0.2, -0.15) is 0 Å². The van der Waals surface area contributed by atoms with Gasteiger partial charge in [-0.25, -0.2) is 4.98 Å². The van der Waals surface area contributed by atoms with Gasteiger partial charge in [-0.05, 0) is 18.8 Å². The van der Waals surface area contributed by atoms with Crippen LogP contribution in [0.1, 0.15) is 23.3 Å². The van der Waals surface area contributed by atoms with E-state index in [1.807, 2.05) is 0 Å². The minimum Gasteiger partial charge on any atom is -0.368 e. The van der Waals surface area contributed by atoms with E-state index in [2.05, 4.69) is 20.2 Å². The van der Waals surface area contributed by atoms with Crippen LogP contribution in [0.4, 0.5) is 0 Å². The molecule has 4 rings (SSSR count). The predicted octanol–water partition coefficient (Wildman–Crippen LogP) is -0.472. The van der Waals surface area contributed by atoms with Crippen LogP contribution in [-0.4, -0.2) is 83.1 Å². The molecular formula is C17H23N5O3. The van der Waals surface area contributed by atoms with Crippen LogP contribution in [0.5, 0.6) is 0 Å². The summed E-state index contributed by atoms with van der Waals surface area (Å²) in [5, 5.41) is 2.73. The molecule has 2 saturated heterocycles. The van der Waals surface area contributed by atoms with Crippen molar-refractivity contribution in [2.24, 2.45) is 5.92 Å². The highest BCUT2D eigenvalue weighted by Gasteiger charge is 2.52. The maximum atomic E-state index is 12.4. The average molecular weight is 345 g/mol. The number of hydrogen-bond donors (Lipinski definition) is 1. The van der Waals surface area contributed by atoms with Crippen LogP contribution in [0.25, 0.3) is 0 Å². The molecule has 1 aromatic heterocycles. The molecule has 134 valence electrons. The van der Waals surface area contributed by atoms with Crippen molar-refractivity contribution in [2.75, 3.05) is 39.8 Å². The summed E-state index contributed by atoms with van der Waals surface area (Å²) >= 11 is 0. The van der Waals surface area contributed by atoms with Crippen molar-refractivity contribution in [2.45, 2.75) is 24.5 Å². The first-order chi connectivity index (χ1) is 12.1. The molecule has 2 amide bonds. The number of nitrogens with one attached hydrogen (secondary N) is 1. The maximum absolute atomic E-state index is 12.4. The molecule has 8 heteroatoms. The van der Waals surface area contributed by atoms with Crippen LogP contribution in [-0.2, 0) is 9.53 Å². The minimum absolute atomic E-state index is 0.00214. The van der Waals surface area contributed by atoms with Crippen molar-refractivity contribution in [1.82, 2.24) is 25.1 Å². The zero-order chi connectivity index (χ0) is 17.4. The van der Waals surface area contributed by atoms with Crippen LogP contribution in [0.15, 0.2) is 18.6 Å². The number of morpholine rings is 1. The first-order valence-electron chi connectivity index (χ1n) is 8.75. The number of carbonyl (C=O) groups excluding carboxylic acids is 2. The summed E-state index contributed by atoms with van der Waals surface area (Å²) in [4.78, 5) is 36.6. The number of likely N-dealkylation sites (tertiary alicyclic amines) is 1. The largest absolute Gasteiger partial charge is 0.368 e. The van der Waals surface area contributed by atoms with E-state index in [4.69, 9.17) is 4.74 Å². The quantitative estimate of drug-likeness (QED) is 0.794. The molecule has 0 aromatic carbocycles. The Kier molecular flexibility index (Phi) is 4.16. The highest BCUT2D eigenvalue weighted by Crippen LogP contribution is 2.36. The predicted molar refractivity (Wildman–Crippen MR) is 88.8 cm³/mol. The molecule has 0 unspecified atom stereocenters. The highest BCUT2D eigenvalue weighted by atomic mass is 16.5. The molecule has 3 heterocycles. The van der Waals surface area contributed by atoms with Crippen LogP contribution < -0.4 is 5.32 Å². The van der Waals surface area contributed by atoms with Crippen molar-refractivity contribution in [3.05, 3.63) is 24.3 Å². The van der Waals surface area contributed by atoms with Gasteiger partial charge in [-0.3, -0.25) is 19.5 Å². The summed E-state index contributed by atoms with van der Waals surface area (Å²) in [6, 6.07) is -0.235. The van der Waals surface area contributed by atoms with Crippen molar-refractivity contribution < 1.29 is 14.3 Å². The number of rotatable bonds is 4. The van der Waals surface area contributed by atoms with Crippen LogP contribution in [0.2, 0.25) is 0 Å². The van der Waals surface area contributed by atoms with E-state index in [9.17, 15) is 9.59 Å². The molecule has 1 spiro atoms. The number of aromatic nitrogens is 2. The minimum atomic E-state index is -0.364. The van der Waals surface area contributed by atoms with Gasteiger partial charge >= 0.3 is 0 Å². The van der Waals surface area contributed by atoms with Crippen LogP contribution in [0, 0.1) is 5.92 Å². The second-order valence-electron chi connectivity index (χ2n) is 7.25. The van der Waals surface area contributed by atoms with Gasteiger partial charge in [0.2, 0.25) is 5.91 Å². The van der Waals surface area contributed by atoms with Crippen molar-refractivity contribution in [3.8, 4) is 0 Å². The number of likely N-dealkylation sites (N-methyl/N-ethyl adjacent to an activating group) is 1. The molecule has 1 aliphatic carbocycles. The molecule has 2 aliphatic heterocycles. The van der Waals surface area contributed by atoms with E-state index in [0.717, 1.165) is 6.54 Å². The summed E-state index contributed by atoms with van der Waals surface area (Å²) < 4.78 is 6.05. The average Bonchev–Trinajstić information content (AvgIpc) is 3.43. The summed E-state index contributed by atoms with van der Waals surface area (Å²) in [7, 11) is 1.66. The molecular weight excluding hydrogens is 322 g/mol. The Morgan fingerprint density at radius 2 is 2.12 bits per heavy atom. The molecule has 0 radical (unpaired) electrons. The fourth-order valence-corrected chi connectivity index (χ4v) is 3.67. The van der Waals surface area contributed by atoms with Crippen molar-refractivity contribution in [1.29, 1.82) is 0 Å². The monoisotopic (exact) mass is 345 g/mol. The second-order valence-corrected chi connectivity index (χ2v) is 7.25. The number of ether oxygens (including phenoxy) is 1. The molecule has 3 fully saturated rings. The van der Waals surface area contributed by atoms with E-state index >= 15 is 0 Å². The topological polar surface area (TPSA) is 87.7 Å². The Bertz CT molecular complexity index is 658. The Hall–Kier alpha value is -2.06. The maximum Gasteiger partial charge on any atom is 0.274 e. The summed E-state index contributed by atoms with van der Waals surface area (Å²) in [5.74, 6) is 0.575. The third-order valence-corrected chi connectivity index (χ3v) is 5.25. The molecule has 8 nitrogen and oxygen atoms in total. The number of hydrogen-bond acceptors (Lipinski definition) is 6. The van der Waals surface area contributed by atoms with Gasteiger partial charge < -0.3 is 15.0 Å². The third kappa shape index (κ3) is 3.23. The third-order valence-electron chi connectivity index (χ3n) is 5.25. The van der Waals surface area contributed by atoms with Crippen LogP contribution in [0.3, 0.4) is 0 Å². The first-order valence-corrected chi connectivity index (χ1v) is 8.75. The zero-order valence-corrected chi connectivity index (χ0v) is 14.4. The van der Waals surface area contributed by atoms with E-state index in [-0.39, 0.29) is 23.5 Å². The van der Waals surface area contributed by atoms with Gasteiger partial charge in [-0.1, -0.05) is 0 Å². The summed E-state index contributed by atoms with van der Waals surface area (Å²) in [6.45, 7) is 3.06. The lowest BCUT2D eigenvalue weighted by Gasteiger charge is -2.55.